The van der Waals surface area contributed by atoms with Crippen molar-refractivity contribution >= 4 is 0 Å². The van der Waals surface area contributed by atoms with Crippen LogP contribution in [-0.2, 0) is 6.42 Å². The van der Waals surface area contributed by atoms with E-state index < -0.39 is 17.5 Å². The summed E-state index contributed by atoms with van der Waals surface area (Å²) in [5, 5.41) is 0. The molecule has 0 spiro atoms. The van der Waals surface area contributed by atoms with Crippen LogP contribution in [0.1, 0.15) is 56.1 Å². The lowest BCUT2D eigenvalue weighted by atomic mass is 9.79. The van der Waals surface area contributed by atoms with E-state index in [9.17, 15) is 13.2 Å². The van der Waals surface area contributed by atoms with E-state index >= 15 is 0 Å². The van der Waals surface area contributed by atoms with E-state index in [2.05, 4.69) is 31.2 Å². The molecule has 3 aromatic rings. The molecule has 1 fully saturated rings. The molecule has 0 aromatic heterocycles. The van der Waals surface area contributed by atoms with Gasteiger partial charge >= 0.3 is 0 Å². The minimum absolute atomic E-state index is 0.0233. The molecule has 0 radical (unpaired) electrons. The van der Waals surface area contributed by atoms with E-state index in [1.54, 1.807) is 6.07 Å². The quantitative estimate of drug-likeness (QED) is 0.333. The monoisotopic (exact) mass is 468 g/mol. The number of aryl methyl sites for hydroxylation is 1. The summed E-state index contributed by atoms with van der Waals surface area (Å²) in [7, 11) is 1.26. The summed E-state index contributed by atoms with van der Waals surface area (Å²) in [5.74, 6) is -1.85. The van der Waals surface area contributed by atoms with E-state index in [4.69, 9.17) is 9.47 Å². The van der Waals surface area contributed by atoms with Crippen molar-refractivity contribution in [2.45, 2.75) is 51.4 Å². The molecule has 0 N–H and O–H groups in total. The minimum atomic E-state index is -1.09. The maximum Gasteiger partial charge on any atom is 0.201 e. The Morgan fingerprint density at radius 1 is 0.824 bits per heavy atom. The second-order valence-electron chi connectivity index (χ2n) is 9.11. The highest BCUT2D eigenvalue weighted by molar-refractivity contribution is 5.66. The summed E-state index contributed by atoms with van der Waals surface area (Å²) in [6, 6.07) is 15.9. The Morgan fingerprint density at radius 2 is 1.53 bits per heavy atom. The first-order valence-corrected chi connectivity index (χ1v) is 12.0. The molecule has 5 heteroatoms. The Labute approximate surface area is 199 Å². The van der Waals surface area contributed by atoms with Gasteiger partial charge in [0.05, 0.1) is 13.7 Å². The first kappa shape index (κ1) is 24.2. The molecule has 0 aliphatic heterocycles. The van der Waals surface area contributed by atoms with Crippen LogP contribution in [0.3, 0.4) is 0 Å². The van der Waals surface area contributed by atoms with Crippen molar-refractivity contribution in [3.8, 4) is 22.6 Å². The third kappa shape index (κ3) is 5.40. The zero-order valence-electron chi connectivity index (χ0n) is 19.8. The van der Waals surface area contributed by atoms with Gasteiger partial charge in [0, 0.05) is 5.56 Å². The van der Waals surface area contributed by atoms with Crippen LogP contribution in [0.4, 0.5) is 13.2 Å². The van der Waals surface area contributed by atoms with Crippen LogP contribution in [0, 0.1) is 23.4 Å². The molecule has 0 atom stereocenters. The predicted octanol–water partition coefficient (Wildman–Crippen LogP) is 8.08. The molecule has 0 heterocycles. The first-order chi connectivity index (χ1) is 16.5. The Balaban J connectivity index is 1.33. The fourth-order valence-electron chi connectivity index (χ4n) is 4.81. The van der Waals surface area contributed by atoms with Gasteiger partial charge in [-0.2, -0.15) is 4.39 Å². The van der Waals surface area contributed by atoms with Crippen LogP contribution in [0.5, 0.6) is 11.5 Å². The van der Waals surface area contributed by atoms with Crippen molar-refractivity contribution in [3.63, 3.8) is 0 Å². The molecule has 180 valence electrons. The average Bonchev–Trinajstić information content (AvgIpc) is 2.86. The molecular formula is C29H31F3O2. The number of rotatable bonds is 8. The predicted molar refractivity (Wildman–Crippen MR) is 129 cm³/mol. The molecule has 4 rings (SSSR count). The van der Waals surface area contributed by atoms with Gasteiger partial charge in [-0.15, -0.1) is 0 Å². The molecule has 0 saturated heterocycles. The number of hydrogen-bond donors (Lipinski definition) is 0. The third-order valence-corrected chi connectivity index (χ3v) is 6.82. The van der Waals surface area contributed by atoms with Gasteiger partial charge in [0.25, 0.3) is 0 Å². The maximum absolute atomic E-state index is 14.7. The molecule has 0 bridgehead atoms. The molecule has 34 heavy (non-hydrogen) atoms. The lowest BCUT2D eigenvalue weighted by Gasteiger charge is -2.29. The number of benzene rings is 3. The van der Waals surface area contributed by atoms with Crippen LogP contribution in [0.15, 0.2) is 54.6 Å². The topological polar surface area (TPSA) is 18.5 Å². The number of ether oxygens (including phenoxy) is 2. The summed E-state index contributed by atoms with van der Waals surface area (Å²) in [6.07, 6.45) is 6.56. The maximum atomic E-state index is 14.7. The second kappa shape index (κ2) is 11.0. The van der Waals surface area contributed by atoms with Crippen LogP contribution >= 0.6 is 0 Å². The molecule has 1 aliphatic carbocycles. The SMILES string of the molecule is CCCc1ccc(C2CCC(COc3ccc(-c4ccc(OC)c(F)c4F)cc3F)CC2)cc1. The van der Waals surface area contributed by atoms with E-state index in [1.165, 1.54) is 42.5 Å². The smallest absolute Gasteiger partial charge is 0.201 e. The van der Waals surface area contributed by atoms with Crippen LogP contribution in [0.25, 0.3) is 11.1 Å². The molecule has 3 aromatic carbocycles. The van der Waals surface area contributed by atoms with Gasteiger partial charge in [-0.05, 0) is 84.9 Å². The van der Waals surface area contributed by atoms with Gasteiger partial charge in [-0.25, -0.2) is 8.78 Å². The van der Waals surface area contributed by atoms with Crippen molar-refractivity contribution in [1.29, 1.82) is 0 Å². The number of halogens is 3. The molecule has 0 unspecified atom stereocenters. The largest absolute Gasteiger partial charge is 0.494 e. The summed E-state index contributed by atoms with van der Waals surface area (Å²) in [5.41, 5.74) is 3.02. The van der Waals surface area contributed by atoms with E-state index in [0.717, 1.165) is 38.5 Å². The van der Waals surface area contributed by atoms with Crippen molar-refractivity contribution in [2.75, 3.05) is 13.7 Å². The fourth-order valence-corrected chi connectivity index (χ4v) is 4.81. The lowest BCUT2D eigenvalue weighted by molar-refractivity contribution is 0.194. The van der Waals surface area contributed by atoms with E-state index in [1.807, 2.05) is 0 Å². The van der Waals surface area contributed by atoms with E-state index in [0.29, 0.717) is 18.4 Å². The van der Waals surface area contributed by atoms with Crippen LogP contribution in [-0.4, -0.2) is 13.7 Å². The van der Waals surface area contributed by atoms with Crippen molar-refractivity contribution in [2.24, 2.45) is 5.92 Å². The number of methoxy groups -OCH3 is 1. The van der Waals surface area contributed by atoms with Gasteiger partial charge in [0.1, 0.15) is 0 Å². The average molecular weight is 469 g/mol. The highest BCUT2D eigenvalue weighted by atomic mass is 19.2. The highest BCUT2D eigenvalue weighted by Gasteiger charge is 2.23. The summed E-state index contributed by atoms with van der Waals surface area (Å²) in [6.45, 7) is 2.64. The van der Waals surface area contributed by atoms with Crippen molar-refractivity contribution in [3.05, 3.63) is 83.2 Å². The third-order valence-electron chi connectivity index (χ3n) is 6.82. The summed E-state index contributed by atoms with van der Waals surface area (Å²) >= 11 is 0. The lowest BCUT2D eigenvalue weighted by Crippen LogP contribution is -2.19. The molecule has 1 aliphatic rings. The fraction of sp³-hybridized carbons (Fsp3) is 0.379. The molecule has 2 nitrogen and oxygen atoms in total. The van der Waals surface area contributed by atoms with Crippen LogP contribution < -0.4 is 9.47 Å². The zero-order valence-corrected chi connectivity index (χ0v) is 19.8. The standard InChI is InChI=1S/C29H31F3O2/c1-3-4-19-5-9-21(10-6-19)22-11-7-20(8-12-22)18-34-26-15-13-23(17-25(26)30)24-14-16-27(33-2)29(32)28(24)31/h5-6,9-10,13-17,20,22H,3-4,7-8,11-12,18H2,1-2H3. The Morgan fingerprint density at radius 3 is 2.18 bits per heavy atom. The second-order valence-corrected chi connectivity index (χ2v) is 9.11. The normalized spacial score (nSPS) is 18.0. The van der Waals surface area contributed by atoms with Crippen LogP contribution in [0.2, 0.25) is 0 Å². The molecule has 0 amide bonds. The van der Waals surface area contributed by atoms with Gasteiger partial charge < -0.3 is 9.47 Å². The van der Waals surface area contributed by atoms with Gasteiger partial charge in [0.2, 0.25) is 5.82 Å². The minimum Gasteiger partial charge on any atom is -0.494 e. The molecule has 1 saturated carbocycles. The van der Waals surface area contributed by atoms with Crippen molar-refractivity contribution in [1.82, 2.24) is 0 Å². The van der Waals surface area contributed by atoms with Gasteiger partial charge in [-0.3, -0.25) is 0 Å². The Kier molecular flexibility index (Phi) is 7.81. The first-order valence-electron chi connectivity index (χ1n) is 12.0. The summed E-state index contributed by atoms with van der Waals surface area (Å²) in [4.78, 5) is 0. The van der Waals surface area contributed by atoms with Crippen molar-refractivity contribution < 1.29 is 22.6 Å². The van der Waals surface area contributed by atoms with E-state index in [-0.39, 0.29) is 22.6 Å². The van der Waals surface area contributed by atoms with Gasteiger partial charge in [0.15, 0.2) is 23.1 Å². The number of hydrogen-bond acceptors (Lipinski definition) is 2. The molecular weight excluding hydrogens is 437 g/mol. The Hall–Kier alpha value is -2.95. The summed E-state index contributed by atoms with van der Waals surface area (Å²) < 4.78 is 53.6. The highest BCUT2D eigenvalue weighted by Crippen LogP contribution is 2.37. The Bertz CT molecular complexity index is 1100. The zero-order chi connectivity index (χ0) is 24.1. The van der Waals surface area contributed by atoms with Gasteiger partial charge in [-0.1, -0.05) is 43.7 Å².